The molecule has 0 aromatic heterocycles. The van der Waals surface area contributed by atoms with Crippen molar-refractivity contribution in [2.24, 2.45) is 5.41 Å². The van der Waals surface area contributed by atoms with Gasteiger partial charge >= 0.3 is 0 Å². The Labute approximate surface area is 122 Å². The Morgan fingerprint density at radius 3 is 2.62 bits per heavy atom. The summed E-state index contributed by atoms with van der Waals surface area (Å²) in [6.07, 6.45) is 4.22. The van der Waals surface area contributed by atoms with Crippen LogP contribution in [0.5, 0.6) is 0 Å². The lowest BCUT2D eigenvalue weighted by Crippen LogP contribution is -2.41. The second-order valence-corrected chi connectivity index (χ2v) is 5.77. The monoisotopic (exact) mass is 294 g/mol. The second-order valence-electron chi connectivity index (χ2n) is 5.77. The standard InChI is InChI=1S/C15H19FN2O3/c1-3-15(5-4-6-15)9-17-14(19)12-8-11(18(20)21)7-10(2)13(12)16/h7-8H,3-6,9H2,1-2H3,(H,17,19). The van der Waals surface area contributed by atoms with E-state index in [0.717, 1.165) is 37.8 Å². The van der Waals surface area contributed by atoms with Crippen LogP contribution in [0, 0.1) is 28.3 Å². The Morgan fingerprint density at radius 2 is 2.14 bits per heavy atom. The molecule has 21 heavy (non-hydrogen) atoms. The van der Waals surface area contributed by atoms with Gasteiger partial charge in [-0.05, 0) is 37.2 Å². The summed E-state index contributed by atoms with van der Waals surface area (Å²) in [5.41, 5.74) is -0.314. The Hall–Kier alpha value is -1.98. The van der Waals surface area contributed by atoms with E-state index in [1.807, 2.05) is 0 Å². The van der Waals surface area contributed by atoms with E-state index in [1.165, 1.54) is 6.92 Å². The summed E-state index contributed by atoms with van der Waals surface area (Å²) >= 11 is 0. The first kappa shape index (κ1) is 15.4. The number of nitro benzene ring substituents is 1. The van der Waals surface area contributed by atoms with Crippen molar-refractivity contribution in [3.05, 3.63) is 39.2 Å². The molecule has 0 bridgehead atoms. The summed E-state index contributed by atoms with van der Waals surface area (Å²) in [6, 6.07) is 2.13. The maximum absolute atomic E-state index is 14.0. The molecule has 2 rings (SSSR count). The number of non-ortho nitro benzene ring substituents is 1. The summed E-state index contributed by atoms with van der Waals surface area (Å²) < 4.78 is 14.0. The van der Waals surface area contributed by atoms with Gasteiger partial charge in [0.2, 0.25) is 0 Å². The molecular formula is C15H19FN2O3. The highest BCUT2D eigenvalue weighted by Gasteiger charge is 2.35. The number of hydrogen-bond acceptors (Lipinski definition) is 3. The molecule has 0 saturated heterocycles. The van der Waals surface area contributed by atoms with E-state index in [2.05, 4.69) is 12.2 Å². The van der Waals surface area contributed by atoms with Crippen LogP contribution in [0.4, 0.5) is 10.1 Å². The number of benzene rings is 1. The van der Waals surface area contributed by atoms with Gasteiger partial charge in [0, 0.05) is 18.7 Å². The highest BCUT2D eigenvalue weighted by molar-refractivity contribution is 5.95. The molecule has 5 nitrogen and oxygen atoms in total. The summed E-state index contributed by atoms with van der Waals surface area (Å²) in [4.78, 5) is 22.3. The summed E-state index contributed by atoms with van der Waals surface area (Å²) in [7, 11) is 0. The van der Waals surface area contributed by atoms with E-state index in [0.29, 0.717) is 6.54 Å². The van der Waals surface area contributed by atoms with Gasteiger partial charge in [-0.15, -0.1) is 0 Å². The summed E-state index contributed by atoms with van der Waals surface area (Å²) in [5.74, 6) is -1.28. The van der Waals surface area contributed by atoms with Crippen molar-refractivity contribution in [3.63, 3.8) is 0 Å². The van der Waals surface area contributed by atoms with Crippen molar-refractivity contribution in [2.45, 2.75) is 39.5 Å². The zero-order valence-corrected chi connectivity index (χ0v) is 12.2. The molecule has 0 radical (unpaired) electrons. The lowest BCUT2D eigenvalue weighted by molar-refractivity contribution is -0.385. The number of aryl methyl sites for hydroxylation is 1. The fraction of sp³-hybridized carbons (Fsp3) is 0.533. The van der Waals surface area contributed by atoms with E-state index >= 15 is 0 Å². The molecule has 0 heterocycles. The molecule has 6 heteroatoms. The average Bonchev–Trinajstić information content (AvgIpc) is 2.40. The van der Waals surface area contributed by atoms with Crippen LogP contribution in [0.3, 0.4) is 0 Å². The molecule has 1 N–H and O–H groups in total. The smallest absolute Gasteiger partial charge is 0.270 e. The fourth-order valence-corrected chi connectivity index (χ4v) is 2.72. The normalized spacial score (nSPS) is 16.1. The lowest BCUT2D eigenvalue weighted by Gasteiger charge is -2.41. The van der Waals surface area contributed by atoms with E-state index in [1.54, 1.807) is 0 Å². The minimum atomic E-state index is -0.697. The maximum atomic E-state index is 14.0. The molecule has 1 saturated carbocycles. The zero-order chi connectivity index (χ0) is 15.6. The van der Waals surface area contributed by atoms with Gasteiger partial charge in [0.1, 0.15) is 5.82 Å². The summed E-state index contributed by atoms with van der Waals surface area (Å²) in [5, 5.41) is 13.5. The first-order valence-electron chi connectivity index (χ1n) is 7.11. The largest absolute Gasteiger partial charge is 0.351 e. The van der Waals surface area contributed by atoms with Crippen LogP contribution in [-0.2, 0) is 0 Å². The molecule has 0 unspecified atom stereocenters. The molecule has 114 valence electrons. The number of nitro groups is 1. The van der Waals surface area contributed by atoms with Gasteiger partial charge in [0.05, 0.1) is 10.5 Å². The van der Waals surface area contributed by atoms with Crippen LogP contribution < -0.4 is 5.32 Å². The van der Waals surface area contributed by atoms with E-state index in [9.17, 15) is 19.3 Å². The van der Waals surface area contributed by atoms with Gasteiger partial charge < -0.3 is 5.32 Å². The van der Waals surface area contributed by atoms with Crippen molar-refractivity contribution in [2.75, 3.05) is 6.54 Å². The molecular weight excluding hydrogens is 275 g/mol. The Bertz CT molecular complexity index is 577. The Morgan fingerprint density at radius 1 is 1.48 bits per heavy atom. The van der Waals surface area contributed by atoms with Crippen LogP contribution >= 0.6 is 0 Å². The van der Waals surface area contributed by atoms with Crippen LogP contribution in [0.15, 0.2) is 12.1 Å². The van der Waals surface area contributed by atoms with E-state index in [4.69, 9.17) is 0 Å². The molecule has 0 atom stereocenters. The topological polar surface area (TPSA) is 72.2 Å². The lowest BCUT2D eigenvalue weighted by atomic mass is 9.67. The highest BCUT2D eigenvalue weighted by Crippen LogP contribution is 2.43. The molecule has 1 aromatic rings. The molecule has 1 aliphatic rings. The second kappa shape index (κ2) is 5.79. The predicted octanol–water partition coefficient (Wildman–Crippen LogP) is 3.35. The van der Waals surface area contributed by atoms with Crippen molar-refractivity contribution < 1.29 is 14.1 Å². The fourth-order valence-electron chi connectivity index (χ4n) is 2.72. The SMILES string of the molecule is CCC1(CNC(=O)c2cc([N+](=O)[O-])cc(C)c2F)CCC1. The molecule has 1 fully saturated rings. The van der Waals surface area contributed by atoms with Crippen LogP contribution in [0.25, 0.3) is 0 Å². The molecule has 0 spiro atoms. The number of nitrogens with one attached hydrogen (secondary N) is 1. The van der Waals surface area contributed by atoms with Gasteiger partial charge in [0.25, 0.3) is 11.6 Å². The van der Waals surface area contributed by atoms with Crippen molar-refractivity contribution in [1.29, 1.82) is 0 Å². The van der Waals surface area contributed by atoms with Gasteiger partial charge in [-0.1, -0.05) is 13.3 Å². The predicted molar refractivity (Wildman–Crippen MR) is 76.7 cm³/mol. The number of amides is 1. The van der Waals surface area contributed by atoms with Crippen molar-refractivity contribution in [3.8, 4) is 0 Å². The number of rotatable bonds is 5. The Kier molecular flexibility index (Phi) is 4.25. The minimum absolute atomic E-state index is 0.100. The van der Waals surface area contributed by atoms with Crippen LogP contribution in [-0.4, -0.2) is 17.4 Å². The number of hydrogen-bond donors (Lipinski definition) is 1. The highest BCUT2D eigenvalue weighted by atomic mass is 19.1. The van der Waals surface area contributed by atoms with Crippen LogP contribution in [0.1, 0.15) is 48.5 Å². The molecule has 0 aliphatic heterocycles. The van der Waals surface area contributed by atoms with Crippen molar-refractivity contribution >= 4 is 11.6 Å². The zero-order valence-electron chi connectivity index (χ0n) is 12.2. The van der Waals surface area contributed by atoms with Gasteiger partial charge in [0.15, 0.2) is 0 Å². The maximum Gasteiger partial charge on any atom is 0.270 e. The van der Waals surface area contributed by atoms with Gasteiger partial charge in [-0.25, -0.2) is 4.39 Å². The molecule has 1 aliphatic carbocycles. The first-order chi connectivity index (χ1) is 9.88. The van der Waals surface area contributed by atoms with E-state index < -0.39 is 16.6 Å². The number of carbonyl (C=O) groups is 1. The van der Waals surface area contributed by atoms with Crippen LogP contribution in [0.2, 0.25) is 0 Å². The van der Waals surface area contributed by atoms with E-state index in [-0.39, 0.29) is 22.2 Å². The summed E-state index contributed by atoms with van der Waals surface area (Å²) in [6.45, 7) is 3.98. The molecule has 1 aromatic carbocycles. The van der Waals surface area contributed by atoms with Gasteiger partial charge in [-0.3, -0.25) is 14.9 Å². The van der Waals surface area contributed by atoms with Gasteiger partial charge in [-0.2, -0.15) is 0 Å². The third-order valence-electron chi connectivity index (χ3n) is 4.48. The minimum Gasteiger partial charge on any atom is -0.351 e. The first-order valence-corrected chi connectivity index (χ1v) is 7.11. The third kappa shape index (κ3) is 3.04. The number of carbonyl (C=O) groups excluding carboxylic acids is 1. The average molecular weight is 294 g/mol. The number of halogens is 1. The number of nitrogens with zero attached hydrogens (tertiary/aromatic N) is 1. The van der Waals surface area contributed by atoms with Crippen molar-refractivity contribution in [1.82, 2.24) is 5.32 Å². The third-order valence-corrected chi connectivity index (χ3v) is 4.48. The quantitative estimate of drug-likeness (QED) is 0.668. The molecule has 1 amide bonds. The Balaban J connectivity index is 2.17.